The maximum Gasteiger partial charge on any atom is 0.262 e. The Morgan fingerprint density at radius 1 is 0.750 bits per heavy atom. The Hall–Kier alpha value is -2.71. The lowest BCUT2D eigenvalue weighted by Crippen LogP contribution is -2.24. The summed E-state index contributed by atoms with van der Waals surface area (Å²) in [6.07, 6.45) is 2.85. The summed E-state index contributed by atoms with van der Waals surface area (Å²) in [6, 6.07) is 10.8. The molecule has 0 atom stereocenters. The van der Waals surface area contributed by atoms with E-state index in [0.717, 1.165) is 0 Å². The third kappa shape index (κ3) is 6.90. The topological polar surface area (TPSA) is 89.5 Å². The molecule has 0 aliphatic rings. The highest BCUT2D eigenvalue weighted by Crippen LogP contribution is 2.28. The van der Waals surface area contributed by atoms with Crippen molar-refractivity contribution in [3.63, 3.8) is 0 Å². The van der Waals surface area contributed by atoms with Crippen LogP contribution in [0.2, 0.25) is 20.1 Å². The number of halogens is 4. The normalized spacial score (nSPS) is 10.4. The van der Waals surface area contributed by atoms with E-state index in [0.29, 0.717) is 27.2 Å². The van der Waals surface area contributed by atoms with Crippen LogP contribution in [0.4, 0.5) is 11.4 Å². The number of benzene rings is 2. The molecule has 1 aromatic heterocycles. The molecule has 7 nitrogen and oxygen atoms in total. The van der Waals surface area contributed by atoms with Crippen molar-refractivity contribution >= 4 is 69.6 Å². The molecule has 2 N–H and O–H groups in total. The van der Waals surface area contributed by atoms with Gasteiger partial charge in [0.05, 0.1) is 27.6 Å². The van der Waals surface area contributed by atoms with E-state index in [-0.39, 0.29) is 28.9 Å². The molecule has 0 bridgehead atoms. The summed E-state index contributed by atoms with van der Waals surface area (Å²) >= 11 is 23.7. The van der Waals surface area contributed by atoms with Crippen LogP contribution in [-0.4, -0.2) is 30.0 Å². The second kappa shape index (κ2) is 11.2. The van der Waals surface area contributed by atoms with Gasteiger partial charge >= 0.3 is 0 Å². The molecule has 2 amide bonds. The molecule has 0 saturated carbocycles. The first-order valence-corrected chi connectivity index (χ1v) is 10.5. The Balaban J connectivity index is 1.56. The van der Waals surface area contributed by atoms with Crippen molar-refractivity contribution in [2.75, 3.05) is 23.8 Å². The number of rotatable bonds is 8. The smallest absolute Gasteiger partial charge is 0.262 e. The molecule has 3 aromatic rings. The number of hydrogen-bond acceptors (Lipinski definition) is 5. The van der Waals surface area contributed by atoms with E-state index in [4.69, 9.17) is 55.9 Å². The Kier molecular flexibility index (Phi) is 8.41. The van der Waals surface area contributed by atoms with Crippen LogP contribution in [0.15, 0.2) is 54.9 Å². The van der Waals surface area contributed by atoms with Gasteiger partial charge in [-0.3, -0.25) is 14.6 Å². The van der Waals surface area contributed by atoms with E-state index in [9.17, 15) is 9.59 Å². The molecule has 0 radical (unpaired) electrons. The van der Waals surface area contributed by atoms with Gasteiger partial charge in [-0.1, -0.05) is 46.4 Å². The van der Waals surface area contributed by atoms with Crippen LogP contribution < -0.4 is 20.1 Å². The van der Waals surface area contributed by atoms with Gasteiger partial charge in [0.25, 0.3) is 11.8 Å². The summed E-state index contributed by atoms with van der Waals surface area (Å²) in [4.78, 5) is 28.5. The van der Waals surface area contributed by atoms with Gasteiger partial charge in [-0.25, -0.2) is 0 Å². The molecular formula is C21H15Cl4N3O4. The number of hydrogen-bond donors (Lipinski definition) is 2. The summed E-state index contributed by atoms with van der Waals surface area (Å²) in [5.74, 6) is -0.331. The second-order valence-corrected chi connectivity index (χ2v) is 7.93. The second-order valence-electron chi connectivity index (χ2n) is 6.24. The lowest BCUT2D eigenvalue weighted by Gasteiger charge is -2.13. The fourth-order valence-electron chi connectivity index (χ4n) is 2.45. The number of carbonyl (C=O) groups is 2. The summed E-state index contributed by atoms with van der Waals surface area (Å²) in [5, 5.41) is 6.72. The van der Waals surface area contributed by atoms with Crippen LogP contribution in [0.1, 0.15) is 0 Å². The Morgan fingerprint density at radius 3 is 1.75 bits per heavy atom. The highest BCUT2D eigenvalue weighted by Gasteiger charge is 2.13. The first-order valence-electron chi connectivity index (χ1n) is 9.01. The number of anilines is 2. The highest BCUT2D eigenvalue weighted by molar-refractivity contribution is 6.36. The van der Waals surface area contributed by atoms with Crippen molar-refractivity contribution in [2.45, 2.75) is 0 Å². The minimum absolute atomic E-state index is 0.278. The summed E-state index contributed by atoms with van der Waals surface area (Å²) in [7, 11) is 0. The van der Waals surface area contributed by atoms with Crippen LogP contribution in [0.5, 0.6) is 11.5 Å². The van der Waals surface area contributed by atoms with Crippen LogP contribution >= 0.6 is 46.4 Å². The van der Waals surface area contributed by atoms with Gasteiger partial charge < -0.3 is 20.1 Å². The monoisotopic (exact) mass is 513 g/mol. The van der Waals surface area contributed by atoms with Crippen molar-refractivity contribution in [2.24, 2.45) is 0 Å². The predicted molar refractivity (Wildman–Crippen MR) is 125 cm³/mol. The van der Waals surface area contributed by atoms with Gasteiger partial charge in [-0.05, 0) is 42.5 Å². The standard InChI is InChI=1S/C21H15Cl4N3O4/c22-12-1-3-18(14(24)7-12)31-10-20(29)27-16-5-6-26-9-17(16)28-21(30)11-32-19-4-2-13(23)8-15(19)25/h1-9H,10-11H2,(H,28,30)(H,26,27,29). The quantitative estimate of drug-likeness (QED) is 0.400. The zero-order chi connectivity index (χ0) is 23.1. The van der Waals surface area contributed by atoms with E-state index in [1.807, 2.05) is 0 Å². The molecule has 0 fully saturated rings. The number of carbonyl (C=O) groups excluding carboxylic acids is 2. The van der Waals surface area contributed by atoms with E-state index in [1.165, 1.54) is 30.6 Å². The van der Waals surface area contributed by atoms with Crippen molar-refractivity contribution < 1.29 is 19.1 Å². The van der Waals surface area contributed by atoms with Crippen molar-refractivity contribution in [3.8, 4) is 11.5 Å². The molecule has 0 spiro atoms. The van der Waals surface area contributed by atoms with E-state index < -0.39 is 11.8 Å². The zero-order valence-corrected chi connectivity index (χ0v) is 19.2. The zero-order valence-electron chi connectivity index (χ0n) is 16.2. The average molecular weight is 515 g/mol. The van der Waals surface area contributed by atoms with Gasteiger partial charge in [0.2, 0.25) is 0 Å². The lowest BCUT2D eigenvalue weighted by molar-refractivity contribution is -0.119. The average Bonchev–Trinajstić information content (AvgIpc) is 2.74. The minimum Gasteiger partial charge on any atom is -0.482 e. The largest absolute Gasteiger partial charge is 0.482 e. The van der Waals surface area contributed by atoms with Crippen LogP contribution in [0, 0.1) is 0 Å². The van der Waals surface area contributed by atoms with Crippen molar-refractivity contribution in [1.29, 1.82) is 0 Å². The number of amides is 2. The first-order chi connectivity index (χ1) is 15.3. The molecule has 2 aromatic carbocycles. The van der Waals surface area contributed by atoms with Crippen LogP contribution in [0.3, 0.4) is 0 Å². The number of ether oxygens (including phenoxy) is 2. The predicted octanol–water partition coefficient (Wildman–Crippen LogP) is 5.73. The van der Waals surface area contributed by atoms with Crippen molar-refractivity contribution in [1.82, 2.24) is 4.98 Å². The fraction of sp³-hybridized carbons (Fsp3) is 0.0952. The molecule has 11 heteroatoms. The molecular weight excluding hydrogens is 500 g/mol. The maximum absolute atomic E-state index is 12.3. The molecule has 3 rings (SSSR count). The SMILES string of the molecule is O=C(COc1ccc(Cl)cc1Cl)Nc1ccncc1NC(=O)COc1ccc(Cl)cc1Cl. The number of nitrogens with one attached hydrogen (secondary N) is 2. The Labute approximate surface area is 203 Å². The van der Waals surface area contributed by atoms with Crippen LogP contribution in [0.25, 0.3) is 0 Å². The van der Waals surface area contributed by atoms with Gasteiger partial charge in [0.1, 0.15) is 11.5 Å². The fourth-order valence-corrected chi connectivity index (χ4v) is 3.37. The molecule has 32 heavy (non-hydrogen) atoms. The number of pyridine rings is 1. The van der Waals surface area contributed by atoms with Gasteiger partial charge in [-0.15, -0.1) is 0 Å². The molecule has 0 aliphatic heterocycles. The molecule has 0 saturated heterocycles. The van der Waals surface area contributed by atoms with E-state index in [1.54, 1.807) is 24.3 Å². The number of aromatic nitrogens is 1. The molecule has 1 heterocycles. The van der Waals surface area contributed by atoms with E-state index in [2.05, 4.69) is 15.6 Å². The summed E-state index contributed by atoms with van der Waals surface area (Å²) in [6.45, 7) is -0.628. The third-order valence-corrected chi connectivity index (χ3v) is 4.94. The van der Waals surface area contributed by atoms with Gasteiger partial charge in [-0.2, -0.15) is 0 Å². The number of nitrogens with zero attached hydrogens (tertiary/aromatic N) is 1. The van der Waals surface area contributed by atoms with Gasteiger partial charge in [0.15, 0.2) is 13.2 Å². The maximum atomic E-state index is 12.3. The van der Waals surface area contributed by atoms with Crippen molar-refractivity contribution in [3.05, 3.63) is 74.9 Å². The van der Waals surface area contributed by atoms with Crippen LogP contribution in [-0.2, 0) is 9.59 Å². The van der Waals surface area contributed by atoms with Gasteiger partial charge in [0, 0.05) is 16.2 Å². The molecule has 0 unspecified atom stereocenters. The Morgan fingerprint density at radius 2 is 1.25 bits per heavy atom. The summed E-state index contributed by atoms with van der Waals surface area (Å²) < 4.78 is 10.8. The lowest BCUT2D eigenvalue weighted by atomic mass is 10.3. The molecule has 166 valence electrons. The third-order valence-electron chi connectivity index (χ3n) is 3.87. The highest BCUT2D eigenvalue weighted by atomic mass is 35.5. The minimum atomic E-state index is -0.483. The van der Waals surface area contributed by atoms with E-state index >= 15 is 0 Å². The first kappa shape index (κ1) is 23.9. The molecule has 0 aliphatic carbocycles. The Bertz CT molecular complexity index is 1060. The summed E-state index contributed by atoms with van der Waals surface area (Å²) in [5.41, 5.74) is 0.606.